The van der Waals surface area contributed by atoms with Crippen LogP contribution >= 0.6 is 23.4 Å². The minimum Gasteiger partial charge on any atom is -0.382 e. The van der Waals surface area contributed by atoms with Gasteiger partial charge >= 0.3 is 0 Å². The highest BCUT2D eigenvalue weighted by molar-refractivity contribution is 7.94. The predicted molar refractivity (Wildman–Crippen MR) is 117 cm³/mol. The van der Waals surface area contributed by atoms with E-state index in [1.807, 2.05) is 0 Å². The Labute approximate surface area is 189 Å². The highest BCUT2D eigenvalue weighted by Gasteiger charge is 2.16. The smallest absolute Gasteiger partial charge is 0.294 e. The first-order valence-corrected chi connectivity index (χ1v) is 11.7. The lowest BCUT2D eigenvalue weighted by molar-refractivity contribution is -0.432. The Hall–Kier alpha value is -2.92. The van der Waals surface area contributed by atoms with E-state index in [1.165, 1.54) is 34.2 Å². The summed E-state index contributed by atoms with van der Waals surface area (Å²) >= 11 is 2.11. The molecular weight excluding hydrogens is 480 g/mol. The molecule has 0 atom stereocenters. The third-order valence-corrected chi connectivity index (χ3v) is 6.50. The lowest BCUT2D eigenvalue weighted by atomic mass is 10.3. The van der Waals surface area contributed by atoms with Gasteiger partial charge in [0.25, 0.3) is 10.1 Å². The van der Waals surface area contributed by atoms with Crippen LogP contribution in [-0.4, -0.2) is 33.0 Å². The molecule has 15 heteroatoms. The zero-order valence-electron chi connectivity index (χ0n) is 16.1. The topological polar surface area (TPSA) is 175 Å². The first-order chi connectivity index (χ1) is 15.3. The van der Waals surface area contributed by atoms with Crippen molar-refractivity contribution in [3.8, 4) is 5.69 Å². The van der Waals surface area contributed by atoms with Crippen molar-refractivity contribution in [2.45, 2.75) is 16.7 Å². The summed E-state index contributed by atoms with van der Waals surface area (Å²) in [6, 6.07) is 10.8. The van der Waals surface area contributed by atoms with Crippen LogP contribution in [0, 0.1) is 6.92 Å². The molecule has 2 aromatic carbocycles. The minimum absolute atomic E-state index is 0.139. The van der Waals surface area contributed by atoms with Crippen LogP contribution in [0.3, 0.4) is 0 Å². The molecule has 0 radical (unpaired) electrons. The van der Waals surface area contributed by atoms with Crippen LogP contribution in [0.1, 0.15) is 5.69 Å². The van der Waals surface area contributed by atoms with Crippen LogP contribution in [0.4, 0.5) is 16.6 Å². The fourth-order valence-electron chi connectivity index (χ4n) is 2.77. The lowest BCUT2D eigenvalue weighted by Crippen LogP contribution is -2.04. The molecule has 2 aromatic heterocycles. The van der Waals surface area contributed by atoms with E-state index in [1.54, 1.807) is 31.2 Å². The Kier molecular flexibility index (Phi) is 6.20. The van der Waals surface area contributed by atoms with Gasteiger partial charge < -0.3 is 5.73 Å². The summed E-state index contributed by atoms with van der Waals surface area (Å²) in [6.45, 7) is 1.68. The van der Waals surface area contributed by atoms with Gasteiger partial charge in [-0.1, -0.05) is 22.4 Å². The number of nitrogens with two attached hydrogens (primary N) is 1. The second-order valence-electron chi connectivity index (χ2n) is 6.26. The van der Waals surface area contributed by atoms with Crippen molar-refractivity contribution in [3.05, 3.63) is 48.2 Å². The summed E-state index contributed by atoms with van der Waals surface area (Å²) < 4.78 is 38.6. The molecule has 166 valence electrons. The second kappa shape index (κ2) is 8.91. The van der Waals surface area contributed by atoms with Crippen molar-refractivity contribution >= 4 is 60.4 Å². The molecule has 0 aliphatic carbocycles. The van der Waals surface area contributed by atoms with Gasteiger partial charge in [0.15, 0.2) is 11.5 Å². The predicted octanol–water partition coefficient (Wildman–Crippen LogP) is 4.46. The van der Waals surface area contributed by atoms with E-state index in [0.717, 1.165) is 16.7 Å². The number of thiazole rings is 1. The molecule has 4 aromatic rings. The molecule has 12 nitrogen and oxygen atoms in total. The summed E-state index contributed by atoms with van der Waals surface area (Å²) in [4.78, 5) is 4.78. The first-order valence-electron chi connectivity index (χ1n) is 8.66. The molecule has 0 fully saturated rings. The number of aryl methyl sites for hydroxylation is 1. The summed E-state index contributed by atoms with van der Waals surface area (Å²) in [5.41, 5.74) is 7.96. The van der Waals surface area contributed by atoms with Gasteiger partial charge in [0, 0.05) is 4.90 Å². The number of rotatable bonds is 7. The molecule has 4 N–H and O–H groups in total. The van der Waals surface area contributed by atoms with Crippen molar-refractivity contribution < 1.29 is 27.6 Å². The van der Waals surface area contributed by atoms with Gasteiger partial charge in [-0.25, -0.2) is 14.9 Å². The van der Waals surface area contributed by atoms with E-state index < -0.39 is 10.1 Å². The number of fused-ring (bicyclic) bond motifs is 1. The summed E-state index contributed by atoms with van der Waals surface area (Å²) in [7, 11) is -4.38. The van der Waals surface area contributed by atoms with Crippen LogP contribution in [0.15, 0.2) is 62.5 Å². The fourth-order valence-corrected chi connectivity index (χ4v) is 4.59. The fraction of sp³-hybridized carbons (Fsp3) is 0.0588. The van der Waals surface area contributed by atoms with E-state index >= 15 is 0 Å². The lowest BCUT2D eigenvalue weighted by Gasteiger charge is -2.05. The number of benzene rings is 2. The van der Waals surface area contributed by atoms with Gasteiger partial charge in [0.2, 0.25) is 5.13 Å². The Morgan fingerprint density at radius 3 is 2.78 bits per heavy atom. The molecule has 0 spiro atoms. The quantitative estimate of drug-likeness (QED) is 0.109. The molecule has 0 bridgehead atoms. The molecule has 0 amide bonds. The van der Waals surface area contributed by atoms with Crippen LogP contribution in [0.5, 0.6) is 0 Å². The Balaban J connectivity index is 1.64. The Morgan fingerprint density at radius 1 is 1.22 bits per heavy atom. The summed E-state index contributed by atoms with van der Waals surface area (Å²) in [5, 5.41) is 24.8. The maximum atomic E-state index is 11.4. The van der Waals surface area contributed by atoms with E-state index in [0.29, 0.717) is 32.6 Å². The Morgan fingerprint density at radius 2 is 2.03 bits per heavy atom. The van der Waals surface area contributed by atoms with Crippen molar-refractivity contribution in [1.29, 1.82) is 0 Å². The number of hydrogen-bond acceptors (Lipinski definition) is 12. The maximum Gasteiger partial charge on any atom is 0.294 e. The normalized spacial score (nSPS) is 12.2. The van der Waals surface area contributed by atoms with Gasteiger partial charge in [0.05, 0.1) is 38.5 Å². The third kappa shape index (κ3) is 4.63. The summed E-state index contributed by atoms with van der Waals surface area (Å²) in [5.74, 6) is 0.139. The molecule has 2 heterocycles. The molecule has 0 saturated heterocycles. The van der Waals surface area contributed by atoms with Crippen molar-refractivity contribution in [2.24, 2.45) is 10.2 Å². The highest BCUT2D eigenvalue weighted by atomic mass is 32.2. The zero-order chi connectivity index (χ0) is 22.9. The van der Waals surface area contributed by atoms with Crippen molar-refractivity contribution in [2.75, 3.05) is 5.73 Å². The SMILES string of the molecule is Cc1nn(-c2cccc(S(=O)(=O)O)c2)c(N)c1/N=N/c1nc2ccc(SOOO)cc2s1. The number of anilines is 1. The Bertz CT molecular complexity index is 1430. The monoisotopic (exact) mass is 494 g/mol. The first kappa shape index (κ1) is 22.3. The molecular formula is C17H14N6O6S3. The number of nitrogens with zero attached hydrogens (tertiary/aromatic N) is 5. The molecule has 0 unspecified atom stereocenters. The van der Waals surface area contributed by atoms with E-state index in [-0.39, 0.29) is 10.7 Å². The molecule has 0 aliphatic rings. The summed E-state index contributed by atoms with van der Waals surface area (Å²) in [6.07, 6.45) is 0. The number of hydrogen-bond donors (Lipinski definition) is 3. The zero-order valence-corrected chi connectivity index (χ0v) is 18.6. The molecule has 4 rings (SSSR count). The number of azo groups is 1. The number of aromatic nitrogens is 3. The van der Waals surface area contributed by atoms with Crippen LogP contribution in [0.25, 0.3) is 15.9 Å². The largest absolute Gasteiger partial charge is 0.382 e. The molecule has 0 saturated carbocycles. The minimum atomic E-state index is -4.38. The highest BCUT2D eigenvalue weighted by Crippen LogP contribution is 2.35. The van der Waals surface area contributed by atoms with E-state index in [9.17, 15) is 13.0 Å². The second-order valence-corrected chi connectivity index (χ2v) is 9.46. The van der Waals surface area contributed by atoms with Crippen LogP contribution < -0.4 is 5.73 Å². The number of nitrogen functional groups attached to an aromatic ring is 1. The van der Waals surface area contributed by atoms with Gasteiger partial charge in [-0.3, -0.25) is 4.55 Å². The van der Waals surface area contributed by atoms with Gasteiger partial charge in [-0.15, -0.1) is 14.6 Å². The maximum absolute atomic E-state index is 11.4. The van der Waals surface area contributed by atoms with Gasteiger partial charge in [0.1, 0.15) is 0 Å². The van der Waals surface area contributed by atoms with Crippen LogP contribution in [-0.2, 0) is 19.5 Å². The molecule has 32 heavy (non-hydrogen) atoms. The average Bonchev–Trinajstić information content (AvgIpc) is 3.29. The van der Waals surface area contributed by atoms with Crippen molar-refractivity contribution in [3.63, 3.8) is 0 Å². The van der Waals surface area contributed by atoms with E-state index in [4.69, 9.17) is 11.0 Å². The molecule has 0 aliphatic heterocycles. The third-order valence-electron chi connectivity index (χ3n) is 4.17. The van der Waals surface area contributed by atoms with Gasteiger partial charge in [-0.05, 0) is 43.3 Å². The van der Waals surface area contributed by atoms with E-state index in [2.05, 4.69) is 29.7 Å². The van der Waals surface area contributed by atoms with Crippen molar-refractivity contribution in [1.82, 2.24) is 14.8 Å². The average molecular weight is 495 g/mol. The standard InChI is InChI=1S/C17H14N6O6S3/c1-9-15(16(18)23(22-9)10-3-2-4-12(7-10)32(25,26)27)20-21-17-19-13-6-5-11(31-29-28-24)8-14(13)30-17/h2-8,24H,18H2,1H3,(H,25,26,27)/b21-20+. The van der Waals surface area contributed by atoms with Crippen LogP contribution in [0.2, 0.25) is 0 Å². The van der Waals surface area contributed by atoms with Gasteiger partial charge in [-0.2, -0.15) is 13.5 Å².